The zero-order chi connectivity index (χ0) is 12.3. The molecule has 2 aromatic rings. The second-order valence-electron chi connectivity index (χ2n) is 3.48. The number of carbonyl (C=O) groups is 1. The van der Waals surface area contributed by atoms with Crippen molar-refractivity contribution in [2.75, 3.05) is 6.61 Å². The molecule has 0 fully saturated rings. The number of nitrogens with zero attached hydrogens (tertiary/aromatic N) is 2. The van der Waals surface area contributed by atoms with E-state index in [1.807, 2.05) is 6.92 Å². The van der Waals surface area contributed by atoms with Gasteiger partial charge >= 0.3 is 5.97 Å². The Bertz CT molecular complexity index is 541. The summed E-state index contributed by atoms with van der Waals surface area (Å²) in [6.07, 6.45) is 3.23. The average Bonchev–Trinajstić information content (AvgIpc) is 2.74. The van der Waals surface area contributed by atoms with Crippen LogP contribution in [0.1, 0.15) is 30.1 Å². The highest BCUT2D eigenvalue weighted by Crippen LogP contribution is 2.29. The van der Waals surface area contributed by atoms with E-state index in [-0.39, 0.29) is 5.97 Å². The molecule has 0 unspecified atom stereocenters. The summed E-state index contributed by atoms with van der Waals surface area (Å²) in [6, 6.07) is 0. The molecule has 2 aromatic heterocycles. The lowest BCUT2D eigenvalue weighted by molar-refractivity contribution is 0.0502. The number of esters is 1. The van der Waals surface area contributed by atoms with Crippen molar-refractivity contribution < 1.29 is 9.53 Å². The van der Waals surface area contributed by atoms with E-state index in [1.165, 1.54) is 17.7 Å². The second kappa shape index (κ2) is 5.42. The van der Waals surface area contributed by atoms with Crippen LogP contribution in [0.25, 0.3) is 10.2 Å². The zero-order valence-electron chi connectivity index (χ0n) is 9.27. The fourth-order valence-corrected chi connectivity index (χ4v) is 2.54. The highest BCUT2D eigenvalue weighted by atomic mass is 35.5. The van der Waals surface area contributed by atoms with Crippen LogP contribution in [0.4, 0.5) is 0 Å². The molecular formula is C11H11ClN2O2S. The molecule has 0 aliphatic rings. The third kappa shape index (κ3) is 2.56. The van der Waals surface area contributed by atoms with Crippen LogP contribution < -0.4 is 0 Å². The lowest BCUT2D eigenvalue weighted by Crippen LogP contribution is -2.05. The van der Waals surface area contributed by atoms with Gasteiger partial charge < -0.3 is 4.74 Å². The molecule has 0 atom stereocenters. The molecule has 6 heteroatoms. The molecule has 0 N–H and O–H groups in total. The number of rotatable bonds is 4. The molecule has 90 valence electrons. The lowest BCUT2D eigenvalue weighted by Gasteiger charge is -2.02. The molecule has 0 radical (unpaired) electrons. The molecule has 0 aliphatic heterocycles. The third-order valence-corrected chi connectivity index (χ3v) is 3.45. The Hall–Kier alpha value is -1.20. The van der Waals surface area contributed by atoms with Gasteiger partial charge in [-0.3, -0.25) is 0 Å². The summed E-state index contributed by atoms with van der Waals surface area (Å²) in [5, 5.41) is 2.58. The van der Waals surface area contributed by atoms with E-state index in [2.05, 4.69) is 9.97 Å². The highest BCUT2D eigenvalue weighted by molar-refractivity contribution is 7.17. The van der Waals surface area contributed by atoms with Crippen LogP contribution in [0, 0.1) is 0 Å². The maximum atomic E-state index is 11.8. The Balaban J connectivity index is 2.26. The average molecular weight is 271 g/mol. The van der Waals surface area contributed by atoms with Gasteiger partial charge in [0, 0.05) is 5.38 Å². The summed E-state index contributed by atoms with van der Waals surface area (Å²) < 4.78 is 5.14. The van der Waals surface area contributed by atoms with Crippen LogP contribution in [-0.2, 0) is 4.74 Å². The smallest absolute Gasteiger partial charge is 0.339 e. The molecule has 0 saturated heterocycles. The second-order valence-corrected chi connectivity index (χ2v) is 4.70. The van der Waals surface area contributed by atoms with Crippen molar-refractivity contribution >= 4 is 39.1 Å². The van der Waals surface area contributed by atoms with E-state index in [9.17, 15) is 4.79 Å². The molecule has 0 bridgehead atoms. The fraction of sp³-hybridized carbons (Fsp3) is 0.364. The summed E-state index contributed by atoms with van der Waals surface area (Å²) >= 11 is 7.32. The van der Waals surface area contributed by atoms with Crippen LogP contribution in [0.15, 0.2) is 11.7 Å². The summed E-state index contributed by atoms with van der Waals surface area (Å²) in [5.41, 5.74) is 0.451. The number of aromatic nitrogens is 2. The molecule has 2 rings (SSSR count). The van der Waals surface area contributed by atoms with E-state index < -0.39 is 0 Å². The van der Waals surface area contributed by atoms with E-state index in [0.29, 0.717) is 27.5 Å². The first-order valence-electron chi connectivity index (χ1n) is 5.29. The van der Waals surface area contributed by atoms with Crippen LogP contribution in [0.3, 0.4) is 0 Å². The highest BCUT2D eigenvalue weighted by Gasteiger charge is 2.17. The first-order chi connectivity index (χ1) is 8.24. The number of fused-ring (bicyclic) bond motifs is 1. The minimum atomic E-state index is -0.360. The van der Waals surface area contributed by atoms with Gasteiger partial charge in [-0.1, -0.05) is 24.9 Å². The topological polar surface area (TPSA) is 52.1 Å². The molecule has 0 aromatic carbocycles. The Morgan fingerprint density at radius 3 is 3.12 bits per heavy atom. The Labute approximate surface area is 108 Å². The largest absolute Gasteiger partial charge is 0.462 e. The van der Waals surface area contributed by atoms with Crippen LogP contribution >= 0.6 is 22.9 Å². The van der Waals surface area contributed by atoms with Gasteiger partial charge in [-0.25, -0.2) is 14.8 Å². The van der Waals surface area contributed by atoms with Crippen molar-refractivity contribution in [2.45, 2.75) is 19.8 Å². The number of carbonyl (C=O) groups excluding carboxylic acids is 1. The first-order valence-corrected chi connectivity index (χ1v) is 6.54. The molecular weight excluding hydrogens is 260 g/mol. The third-order valence-electron chi connectivity index (χ3n) is 2.27. The van der Waals surface area contributed by atoms with E-state index in [0.717, 1.165) is 12.8 Å². The van der Waals surface area contributed by atoms with Crippen LogP contribution in [0.2, 0.25) is 5.15 Å². The number of thiophene rings is 1. The van der Waals surface area contributed by atoms with Crippen molar-refractivity contribution in [3.63, 3.8) is 0 Å². The van der Waals surface area contributed by atoms with Gasteiger partial charge in [0.05, 0.1) is 17.6 Å². The summed E-state index contributed by atoms with van der Waals surface area (Å²) in [7, 11) is 0. The van der Waals surface area contributed by atoms with Crippen molar-refractivity contribution in [2.24, 2.45) is 0 Å². The number of unbranched alkanes of at least 4 members (excludes halogenated alkanes) is 1. The SMILES string of the molecule is CCCCOC(=O)c1csc2ncnc(Cl)c12. The minimum Gasteiger partial charge on any atom is -0.462 e. The number of hydrogen-bond donors (Lipinski definition) is 0. The van der Waals surface area contributed by atoms with Gasteiger partial charge in [0.2, 0.25) is 0 Å². The van der Waals surface area contributed by atoms with Gasteiger partial charge in [-0.2, -0.15) is 0 Å². The van der Waals surface area contributed by atoms with Crippen molar-refractivity contribution in [1.29, 1.82) is 0 Å². The zero-order valence-corrected chi connectivity index (χ0v) is 10.8. The van der Waals surface area contributed by atoms with Crippen molar-refractivity contribution in [1.82, 2.24) is 9.97 Å². The van der Waals surface area contributed by atoms with Crippen molar-refractivity contribution in [3.05, 3.63) is 22.4 Å². The number of halogens is 1. The quantitative estimate of drug-likeness (QED) is 0.486. The fourth-order valence-electron chi connectivity index (χ4n) is 1.38. The molecule has 17 heavy (non-hydrogen) atoms. The Morgan fingerprint density at radius 1 is 1.53 bits per heavy atom. The van der Waals surface area contributed by atoms with Gasteiger partial charge in [0.1, 0.15) is 16.3 Å². The number of hydrogen-bond acceptors (Lipinski definition) is 5. The standard InChI is InChI=1S/C11H11ClN2O2S/c1-2-3-4-16-11(15)7-5-17-10-8(7)9(12)13-6-14-10/h5-6H,2-4H2,1H3. The van der Waals surface area contributed by atoms with Gasteiger partial charge in [0.25, 0.3) is 0 Å². The van der Waals surface area contributed by atoms with Crippen LogP contribution in [0.5, 0.6) is 0 Å². The van der Waals surface area contributed by atoms with E-state index >= 15 is 0 Å². The predicted molar refractivity (Wildman–Crippen MR) is 67.6 cm³/mol. The van der Waals surface area contributed by atoms with E-state index in [4.69, 9.17) is 16.3 Å². The van der Waals surface area contributed by atoms with Gasteiger partial charge in [0.15, 0.2) is 0 Å². The summed E-state index contributed by atoms with van der Waals surface area (Å²) in [5.74, 6) is -0.360. The first kappa shape index (κ1) is 12.3. The summed E-state index contributed by atoms with van der Waals surface area (Å²) in [6.45, 7) is 2.47. The molecule has 0 aliphatic carbocycles. The van der Waals surface area contributed by atoms with Crippen molar-refractivity contribution in [3.8, 4) is 0 Å². The molecule has 4 nitrogen and oxygen atoms in total. The molecule has 0 spiro atoms. The van der Waals surface area contributed by atoms with Crippen LogP contribution in [-0.4, -0.2) is 22.5 Å². The minimum absolute atomic E-state index is 0.290. The maximum Gasteiger partial charge on any atom is 0.339 e. The molecule has 0 saturated carbocycles. The molecule has 2 heterocycles. The predicted octanol–water partition coefficient (Wildman–Crippen LogP) is 3.30. The number of ether oxygens (including phenoxy) is 1. The molecule has 0 amide bonds. The summed E-state index contributed by atoms with van der Waals surface area (Å²) in [4.78, 5) is 20.4. The van der Waals surface area contributed by atoms with Gasteiger partial charge in [-0.05, 0) is 6.42 Å². The normalized spacial score (nSPS) is 10.7. The maximum absolute atomic E-state index is 11.8. The van der Waals surface area contributed by atoms with E-state index in [1.54, 1.807) is 5.38 Å². The Morgan fingerprint density at radius 2 is 2.35 bits per heavy atom. The lowest BCUT2D eigenvalue weighted by atomic mass is 10.2. The monoisotopic (exact) mass is 270 g/mol. The Kier molecular flexibility index (Phi) is 3.91. The van der Waals surface area contributed by atoms with Gasteiger partial charge in [-0.15, -0.1) is 11.3 Å².